The molecule has 0 aliphatic carbocycles. The van der Waals surface area contributed by atoms with Gasteiger partial charge in [0.05, 0.1) is 18.1 Å². The Morgan fingerprint density at radius 3 is 3.06 bits per heavy atom. The lowest BCUT2D eigenvalue weighted by Crippen LogP contribution is -2.19. The number of aryl methyl sites for hydroxylation is 1. The SMILES string of the molecule is CCc1cn[nH]c1NC(=O)Cn1cc(N)cn1. The molecule has 0 saturated heterocycles. The van der Waals surface area contributed by atoms with Crippen LogP contribution in [0, 0.1) is 0 Å². The van der Waals surface area contributed by atoms with E-state index in [-0.39, 0.29) is 12.5 Å². The minimum Gasteiger partial charge on any atom is -0.396 e. The second kappa shape index (κ2) is 4.69. The molecule has 2 rings (SSSR count). The van der Waals surface area contributed by atoms with Gasteiger partial charge in [-0.25, -0.2) is 0 Å². The lowest BCUT2D eigenvalue weighted by Gasteiger charge is -2.04. The number of nitrogens with two attached hydrogens (primary N) is 1. The number of H-pyrrole nitrogens is 1. The Bertz CT molecular complexity index is 514. The molecule has 2 heterocycles. The molecule has 0 bridgehead atoms. The summed E-state index contributed by atoms with van der Waals surface area (Å²) in [5.74, 6) is 0.463. The molecule has 0 radical (unpaired) electrons. The summed E-state index contributed by atoms with van der Waals surface area (Å²) in [4.78, 5) is 11.7. The molecular formula is C10H14N6O. The van der Waals surface area contributed by atoms with Crippen LogP contribution in [0.25, 0.3) is 0 Å². The fraction of sp³-hybridized carbons (Fsp3) is 0.300. The molecule has 7 nitrogen and oxygen atoms in total. The lowest BCUT2D eigenvalue weighted by molar-refractivity contribution is -0.116. The fourth-order valence-corrected chi connectivity index (χ4v) is 1.48. The first-order valence-corrected chi connectivity index (χ1v) is 5.29. The number of hydrogen-bond donors (Lipinski definition) is 3. The van der Waals surface area contributed by atoms with Crippen LogP contribution in [0.5, 0.6) is 0 Å². The zero-order valence-corrected chi connectivity index (χ0v) is 9.47. The van der Waals surface area contributed by atoms with Crippen LogP contribution >= 0.6 is 0 Å². The molecule has 0 aliphatic heterocycles. The van der Waals surface area contributed by atoms with Crippen molar-refractivity contribution in [3.05, 3.63) is 24.2 Å². The van der Waals surface area contributed by atoms with E-state index in [0.29, 0.717) is 11.5 Å². The second-order valence-corrected chi connectivity index (χ2v) is 3.64. The molecule has 17 heavy (non-hydrogen) atoms. The number of rotatable bonds is 4. The average molecular weight is 234 g/mol. The van der Waals surface area contributed by atoms with Gasteiger partial charge < -0.3 is 11.1 Å². The molecule has 2 aromatic heterocycles. The summed E-state index contributed by atoms with van der Waals surface area (Å²) in [6.07, 6.45) is 5.61. The van der Waals surface area contributed by atoms with Gasteiger partial charge in [0.15, 0.2) is 0 Å². The summed E-state index contributed by atoms with van der Waals surface area (Å²) in [5.41, 5.74) is 7.01. The highest BCUT2D eigenvalue weighted by atomic mass is 16.2. The molecular weight excluding hydrogens is 220 g/mol. The van der Waals surface area contributed by atoms with Gasteiger partial charge in [-0.1, -0.05) is 6.92 Å². The predicted molar refractivity (Wildman–Crippen MR) is 63.2 cm³/mol. The Balaban J connectivity index is 1.98. The van der Waals surface area contributed by atoms with E-state index in [4.69, 9.17) is 5.73 Å². The molecule has 0 saturated carbocycles. The van der Waals surface area contributed by atoms with Crippen LogP contribution in [0.1, 0.15) is 12.5 Å². The van der Waals surface area contributed by atoms with Gasteiger partial charge >= 0.3 is 0 Å². The predicted octanol–water partition coefficient (Wildman–Crippen LogP) is 0.389. The van der Waals surface area contributed by atoms with E-state index in [9.17, 15) is 4.79 Å². The molecule has 0 atom stereocenters. The number of nitrogen functional groups attached to an aromatic ring is 1. The van der Waals surface area contributed by atoms with Crippen molar-refractivity contribution in [2.45, 2.75) is 19.9 Å². The van der Waals surface area contributed by atoms with Crippen molar-refractivity contribution in [2.75, 3.05) is 11.1 Å². The van der Waals surface area contributed by atoms with Gasteiger partial charge in [-0.3, -0.25) is 14.6 Å². The second-order valence-electron chi connectivity index (χ2n) is 3.64. The van der Waals surface area contributed by atoms with Gasteiger partial charge in [0.1, 0.15) is 12.4 Å². The Labute approximate surface area is 98.0 Å². The van der Waals surface area contributed by atoms with Crippen LogP contribution in [0.4, 0.5) is 11.5 Å². The van der Waals surface area contributed by atoms with Crippen LogP contribution in [0.15, 0.2) is 18.6 Å². The van der Waals surface area contributed by atoms with Crippen LogP contribution in [0.3, 0.4) is 0 Å². The van der Waals surface area contributed by atoms with E-state index < -0.39 is 0 Å². The Morgan fingerprint density at radius 1 is 1.59 bits per heavy atom. The number of aromatic nitrogens is 4. The standard InChI is InChI=1S/C10H14N6O/c1-2-7-3-12-15-10(7)14-9(17)6-16-5-8(11)4-13-16/h3-5H,2,6,11H2,1H3,(H2,12,14,15,17). The molecule has 0 aromatic carbocycles. The van der Waals surface area contributed by atoms with Crippen molar-refractivity contribution in [1.82, 2.24) is 20.0 Å². The fourth-order valence-electron chi connectivity index (χ4n) is 1.48. The first kappa shape index (κ1) is 11.2. The molecule has 0 aliphatic rings. The van der Waals surface area contributed by atoms with Crippen molar-refractivity contribution in [2.24, 2.45) is 0 Å². The largest absolute Gasteiger partial charge is 0.396 e. The molecule has 0 spiro atoms. The summed E-state index contributed by atoms with van der Waals surface area (Å²) in [5, 5.41) is 13.3. The third-order valence-corrected chi connectivity index (χ3v) is 2.32. The van der Waals surface area contributed by atoms with Crippen molar-refractivity contribution < 1.29 is 4.79 Å². The van der Waals surface area contributed by atoms with Gasteiger partial charge in [0.2, 0.25) is 5.91 Å². The minimum atomic E-state index is -0.174. The van der Waals surface area contributed by atoms with E-state index in [2.05, 4.69) is 20.6 Å². The van der Waals surface area contributed by atoms with Crippen molar-refractivity contribution in [3.8, 4) is 0 Å². The van der Waals surface area contributed by atoms with Crippen molar-refractivity contribution >= 4 is 17.4 Å². The van der Waals surface area contributed by atoms with E-state index in [1.165, 1.54) is 10.9 Å². The maximum Gasteiger partial charge on any atom is 0.247 e. The highest BCUT2D eigenvalue weighted by molar-refractivity contribution is 5.90. The minimum absolute atomic E-state index is 0.124. The number of nitrogens with zero attached hydrogens (tertiary/aromatic N) is 3. The first-order chi connectivity index (χ1) is 8.19. The maximum atomic E-state index is 11.7. The Hall–Kier alpha value is -2.31. The van der Waals surface area contributed by atoms with Crippen LogP contribution < -0.4 is 11.1 Å². The molecule has 7 heteroatoms. The van der Waals surface area contributed by atoms with Crippen molar-refractivity contribution in [3.63, 3.8) is 0 Å². The monoisotopic (exact) mass is 234 g/mol. The number of anilines is 2. The molecule has 1 amide bonds. The van der Waals surface area contributed by atoms with Gasteiger partial charge in [-0.15, -0.1) is 0 Å². The molecule has 2 aromatic rings. The van der Waals surface area contributed by atoms with Gasteiger partial charge in [0.25, 0.3) is 0 Å². The summed E-state index contributed by atoms with van der Waals surface area (Å²) >= 11 is 0. The normalized spacial score (nSPS) is 10.4. The summed E-state index contributed by atoms with van der Waals surface area (Å²) in [7, 11) is 0. The lowest BCUT2D eigenvalue weighted by atomic mass is 10.2. The summed E-state index contributed by atoms with van der Waals surface area (Å²) in [6.45, 7) is 2.12. The third kappa shape index (κ3) is 2.63. The number of carbonyl (C=O) groups excluding carboxylic acids is 1. The third-order valence-electron chi connectivity index (χ3n) is 2.32. The van der Waals surface area contributed by atoms with E-state index >= 15 is 0 Å². The summed E-state index contributed by atoms with van der Waals surface area (Å²) in [6, 6.07) is 0. The molecule has 4 N–H and O–H groups in total. The van der Waals surface area contributed by atoms with Gasteiger partial charge in [-0.2, -0.15) is 10.2 Å². The number of hydrogen-bond acceptors (Lipinski definition) is 4. The average Bonchev–Trinajstić information content (AvgIpc) is 2.87. The zero-order chi connectivity index (χ0) is 12.3. The van der Waals surface area contributed by atoms with Crippen LogP contribution in [-0.2, 0) is 17.8 Å². The van der Waals surface area contributed by atoms with E-state index in [1.54, 1.807) is 12.4 Å². The smallest absolute Gasteiger partial charge is 0.247 e. The number of carbonyl (C=O) groups is 1. The number of aromatic amines is 1. The highest BCUT2D eigenvalue weighted by Crippen LogP contribution is 2.11. The highest BCUT2D eigenvalue weighted by Gasteiger charge is 2.08. The number of amides is 1. The maximum absolute atomic E-state index is 11.7. The topological polar surface area (TPSA) is 102 Å². The van der Waals surface area contributed by atoms with Gasteiger partial charge in [-0.05, 0) is 6.42 Å². The van der Waals surface area contributed by atoms with E-state index in [0.717, 1.165) is 12.0 Å². The number of nitrogens with one attached hydrogen (secondary N) is 2. The quantitative estimate of drug-likeness (QED) is 0.712. The van der Waals surface area contributed by atoms with Crippen molar-refractivity contribution in [1.29, 1.82) is 0 Å². The molecule has 0 unspecified atom stereocenters. The first-order valence-electron chi connectivity index (χ1n) is 5.29. The van der Waals surface area contributed by atoms with Crippen LogP contribution in [0.2, 0.25) is 0 Å². The molecule has 90 valence electrons. The molecule has 0 fully saturated rings. The Morgan fingerprint density at radius 2 is 2.41 bits per heavy atom. The summed E-state index contributed by atoms with van der Waals surface area (Å²) < 4.78 is 1.48. The van der Waals surface area contributed by atoms with Gasteiger partial charge in [0, 0.05) is 11.8 Å². The van der Waals surface area contributed by atoms with E-state index in [1.807, 2.05) is 6.92 Å². The van der Waals surface area contributed by atoms with Crippen LogP contribution in [-0.4, -0.2) is 25.9 Å². The Kier molecular flexibility index (Phi) is 3.08. The zero-order valence-electron chi connectivity index (χ0n) is 9.47.